The molecule has 0 spiro atoms. The zero-order valence-corrected chi connectivity index (χ0v) is 6.70. The Morgan fingerprint density at radius 1 is 0.812 bits per heavy atom. The van der Waals surface area contributed by atoms with Crippen molar-refractivity contribution < 1.29 is 39.1 Å². The summed E-state index contributed by atoms with van der Waals surface area (Å²) >= 11 is 0. The maximum Gasteiger partial charge on any atom is -0.0149 e. The molecule has 0 atom stereocenters. The normalized spacial score (nSPS) is 9.12. The molecule has 9 nitrogen and oxygen atoms in total. The molecule has 0 bridgehead atoms. The van der Waals surface area contributed by atoms with Crippen molar-refractivity contribution in [2.75, 3.05) is 0 Å². The molecule has 16 heavy (non-hydrogen) atoms. The number of hydrogen-bond acceptors (Lipinski definition) is 7. The number of carbonyl (C=O) groups is 1. The molecule has 0 saturated carbocycles. The first-order valence-corrected chi connectivity index (χ1v) is 4.71. The minimum absolute atomic E-state index is 0. The fourth-order valence-corrected chi connectivity index (χ4v) is 0.641. The molecule has 96 valence electrons. The van der Waals surface area contributed by atoms with Crippen LogP contribution in [0.2, 0.25) is 0 Å². The van der Waals surface area contributed by atoms with E-state index in [1.807, 2.05) is 0 Å². The summed E-state index contributed by atoms with van der Waals surface area (Å²) in [5.41, 5.74) is 0. The van der Waals surface area contributed by atoms with Crippen molar-refractivity contribution in [2.45, 2.75) is 0 Å². The van der Waals surface area contributed by atoms with Crippen LogP contribution < -0.4 is 0 Å². The smallest absolute Gasteiger partial charge is 0.0149 e. The Kier molecular flexibility index (Phi) is 23.3. The topological polar surface area (TPSA) is 144 Å². The summed E-state index contributed by atoms with van der Waals surface area (Å²) in [7, 11) is -10.3. The molecule has 0 aliphatic heterocycles. The molecule has 0 rings (SSSR count). The maximum absolute atomic E-state index is 9.95. The average molecular weight is 371 g/mol. The van der Waals surface area contributed by atoms with Crippen LogP contribution in [-0.4, -0.2) is 130 Å². The van der Waals surface area contributed by atoms with Gasteiger partial charge in [0.2, 0.25) is 0 Å². The molecule has 0 aromatic heterocycles. The van der Waals surface area contributed by atoms with Gasteiger partial charge in [0.1, 0.15) is 0 Å². The van der Waals surface area contributed by atoms with E-state index in [-0.39, 0.29) is 97.4 Å². The van der Waals surface area contributed by atoms with Crippen molar-refractivity contribution in [3.8, 4) is 0 Å². The van der Waals surface area contributed by atoms with Crippen molar-refractivity contribution in [1.82, 2.24) is 0 Å². The average Bonchev–Trinajstić information content (AvgIpc) is 1.49. The molecular formula is CH14Ca2O9S2Si2. The summed E-state index contributed by atoms with van der Waals surface area (Å²) in [4.78, 5) is 9.95. The first-order chi connectivity index (χ1) is 5.10. The quantitative estimate of drug-likeness (QED) is 0.358. The molecule has 0 amide bonds. The predicted octanol–water partition coefficient (Wildman–Crippen LogP) is -5.99. The van der Waals surface area contributed by atoms with Gasteiger partial charge >= 0.3 is 102 Å². The molecular weight excluding hydrogens is 356 g/mol. The van der Waals surface area contributed by atoms with Crippen LogP contribution in [0.25, 0.3) is 0 Å². The standard InChI is InChI=1S/CH2O9S2.2Ca.2H4Si.4H/c2-1(9-11(3,4)5)10-12(6,7)8;;;;;;;;/h(H,3,4,5)(H,6,7,8);;;2*1H4;;;;. The molecule has 0 aromatic carbocycles. The first-order valence-electron chi connectivity index (χ1n) is 1.98. The molecule has 2 N–H and O–H groups in total. The maximum atomic E-state index is 9.95. The Hall–Kier alpha value is 2.04. The van der Waals surface area contributed by atoms with Gasteiger partial charge in [-0.15, -0.1) is 0 Å². The molecule has 15 heteroatoms. The molecule has 0 saturated heterocycles. The third kappa shape index (κ3) is 25.0. The van der Waals surface area contributed by atoms with Gasteiger partial charge in [0, 0.05) is 0 Å². The number of carbonyl (C=O) groups excluding carboxylic acids is 1. The molecule has 0 aliphatic rings. The van der Waals surface area contributed by atoms with Gasteiger partial charge in [-0.3, -0.25) is 17.5 Å². The fourth-order valence-electron chi connectivity index (χ4n) is 0.186. The van der Waals surface area contributed by atoms with E-state index in [1.165, 1.54) is 0 Å². The second-order valence-corrected chi connectivity index (χ2v) is 3.32. The van der Waals surface area contributed by atoms with Crippen LogP contribution in [0.15, 0.2) is 0 Å². The van der Waals surface area contributed by atoms with E-state index in [9.17, 15) is 21.6 Å². The second-order valence-electron chi connectivity index (χ2n) is 1.27. The third-order valence-electron chi connectivity index (χ3n) is 0.347. The monoisotopic (exact) mass is 370 g/mol. The van der Waals surface area contributed by atoms with Crippen LogP contribution >= 0.6 is 0 Å². The summed E-state index contributed by atoms with van der Waals surface area (Å²) in [6, 6.07) is 0. The minimum atomic E-state index is -5.15. The van der Waals surface area contributed by atoms with E-state index in [0.29, 0.717) is 0 Å². The largest absolute Gasteiger partial charge is 0.0149 e. The van der Waals surface area contributed by atoms with Gasteiger partial charge < -0.3 is 0 Å². The third-order valence-corrected chi connectivity index (χ3v) is 1.04. The number of rotatable bonds is 2. The molecule has 0 fully saturated rings. The number of hydrogen-bond donors (Lipinski definition) is 2. The zero-order chi connectivity index (χ0) is 9.99. The fraction of sp³-hybridized carbons (Fsp3) is 0. The van der Waals surface area contributed by atoms with Crippen LogP contribution in [0.1, 0.15) is 0 Å². The van der Waals surface area contributed by atoms with Crippen LogP contribution in [0, 0.1) is 0 Å². The Morgan fingerprint density at radius 2 is 1.00 bits per heavy atom. The van der Waals surface area contributed by atoms with E-state index in [2.05, 4.69) is 8.37 Å². The van der Waals surface area contributed by atoms with E-state index < -0.39 is 27.0 Å². The van der Waals surface area contributed by atoms with Crippen LogP contribution in [0.4, 0.5) is 4.79 Å². The van der Waals surface area contributed by atoms with Gasteiger partial charge in [-0.25, -0.2) is 4.79 Å². The van der Waals surface area contributed by atoms with Gasteiger partial charge in [0.15, 0.2) is 0 Å². The predicted molar refractivity (Wildman–Crippen MR) is 70.4 cm³/mol. The van der Waals surface area contributed by atoms with Gasteiger partial charge in [0.25, 0.3) is 0 Å². The van der Waals surface area contributed by atoms with Crippen molar-refractivity contribution in [2.24, 2.45) is 0 Å². The van der Waals surface area contributed by atoms with E-state index in [0.717, 1.165) is 0 Å². The summed E-state index contributed by atoms with van der Waals surface area (Å²) in [6.07, 6.45) is -2.29. The summed E-state index contributed by atoms with van der Waals surface area (Å²) in [5.74, 6) is 0. The molecule has 0 aliphatic carbocycles. The van der Waals surface area contributed by atoms with E-state index >= 15 is 0 Å². The van der Waals surface area contributed by atoms with E-state index in [4.69, 9.17) is 9.11 Å². The molecule has 0 unspecified atom stereocenters. The van der Waals surface area contributed by atoms with Crippen LogP contribution in [-0.2, 0) is 29.2 Å². The van der Waals surface area contributed by atoms with Gasteiger partial charge in [-0.05, 0) is 21.9 Å². The molecule has 0 aromatic rings. The summed E-state index contributed by atoms with van der Waals surface area (Å²) in [5, 5.41) is 0. The van der Waals surface area contributed by atoms with Crippen molar-refractivity contribution in [3.63, 3.8) is 0 Å². The van der Waals surface area contributed by atoms with Gasteiger partial charge in [-0.1, -0.05) is 0 Å². The second kappa shape index (κ2) is 12.1. The minimum Gasteiger partial charge on any atom is -0.0149 e. The molecule has 0 heterocycles. The summed E-state index contributed by atoms with van der Waals surface area (Å²) in [6.45, 7) is 0. The Bertz CT molecular complexity index is 336. The summed E-state index contributed by atoms with van der Waals surface area (Å²) < 4.78 is 60.1. The van der Waals surface area contributed by atoms with Crippen LogP contribution in [0.5, 0.6) is 0 Å². The SMILES string of the molecule is O=C(OS(=O)(=O)O)OS(=O)(=O)O.[CaH2].[CaH2].[SiH4].[SiH4]. The van der Waals surface area contributed by atoms with Crippen LogP contribution in [0.3, 0.4) is 0 Å². The Labute approximate surface area is 161 Å². The van der Waals surface area contributed by atoms with Crippen molar-refractivity contribution in [3.05, 3.63) is 0 Å². The van der Waals surface area contributed by atoms with Crippen molar-refractivity contribution >= 4 is 124 Å². The Morgan fingerprint density at radius 3 is 1.12 bits per heavy atom. The molecule has 0 radical (unpaired) electrons. The van der Waals surface area contributed by atoms with Gasteiger partial charge in [0.05, 0.1) is 0 Å². The van der Waals surface area contributed by atoms with Gasteiger partial charge in [-0.2, -0.15) is 16.8 Å². The first kappa shape index (κ1) is 30.8. The Balaban J connectivity index is -0.000000101. The van der Waals surface area contributed by atoms with E-state index in [1.54, 1.807) is 0 Å². The zero-order valence-electron chi connectivity index (χ0n) is 5.07. The van der Waals surface area contributed by atoms with Crippen molar-refractivity contribution in [1.29, 1.82) is 0 Å².